The fourth-order valence-corrected chi connectivity index (χ4v) is 2.19. The molecule has 2 rings (SSSR count). The summed E-state index contributed by atoms with van der Waals surface area (Å²) in [4.78, 5) is 1.69. The summed E-state index contributed by atoms with van der Waals surface area (Å²) in [7, 11) is 1.75. The number of halogens is 2. The molecule has 0 aliphatic rings. The summed E-state index contributed by atoms with van der Waals surface area (Å²) >= 11 is 0. The molecule has 2 aromatic rings. The highest BCUT2D eigenvalue weighted by Gasteiger charge is 2.17. The van der Waals surface area contributed by atoms with Crippen molar-refractivity contribution in [3.8, 4) is 0 Å². The largest absolute Gasteiger partial charge is 0.342 e. The van der Waals surface area contributed by atoms with Crippen LogP contribution in [0.2, 0.25) is 0 Å². The number of nitrogens with two attached hydrogens (primary N) is 1. The lowest BCUT2D eigenvalue weighted by molar-refractivity contribution is 0.612. The van der Waals surface area contributed by atoms with Crippen LogP contribution in [0.3, 0.4) is 0 Å². The van der Waals surface area contributed by atoms with E-state index < -0.39 is 0 Å². The molecule has 0 spiro atoms. The molecule has 0 radical (unpaired) electrons. The van der Waals surface area contributed by atoms with Crippen LogP contribution in [0.1, 0.15) is 24.1 Å². The Bertz CT molecular complexity index is 624. The van der Waals surface area contributed by atoms with Gasteiger partial charge >= 0.3 is 0 Å². The number of rotatable bonds is 3. The molecule has 106 valence electrons. The van der Waals surface area contributed by atoms with Gasteiger partial charge in [0.15, 0.2) is 0 Å². The minimum absolute atomic E-state index is 0.303. The zero-order chi connectivity index (χ0) is 14.9. The van der Waals surface area contributed by atoms with Crippen LogP contribution < -0.4 is 10.6 Å². The molecule has 1 atom stereocenters. The number of hydrogen-bond donors (Lipinski definition) is 1. The third-order valence-corrected chi connectivity index (χ3v) is 3.37. The third kappa shape index (κ3) is 2.65. The molecule has 0 heterocycles. The van der Waals surface area contributed by atoms with Crippen LogP contribution in [-0.4, -0.2) is 7.05 Å². The highest BCUT2D eigenvalue weighted by molar-refractivity contribution is 5.67. The zero-order valence-electron chi connectivity index (χ0n) is 11.8. The minimum atomic E-state index is -0.339. The van der Waals surface area contributed by atoms with Gasteiger partial charge in [-0.15, -0.1) is 0 Å². The molecule has 0 unspecified atom stereocenters. The average Bonchev–Trinajstić information content (AvgIpc) is 2.41. The summed E-state index contributed by atoms with van der Waals surface area (Å²) in [5, 5.41) is 0. The second kappa shape index (κ2) is 5.59. The van der Waals surface area contributed by atoms with Crippen molar-refractivity contribution < 1.29 is 8.78 Å². The molecule has 2 aromatic carbocycles. The van der Waals surface area contributed by atoms with Gasteiger partial charge in [0.25, 0.3) is 0 Å². The van der Waals surface area contributed by atoms with E-state index in [0.29, 0.717) is 22.5 Å². The van der Waals surface area contributed by atoms with Crippen molar-refractivity contribution >= 4 is 11.4 Å². The predicted molar refractivity (Wildman–Crippen MR) is 78.2 cm³/mol. The molecule has 0 aliphatic heterocycles. The lowest BCUT2D eigenvalue weighted by atomic mass is 10.0. The Kier molecular flexibility index (Phi) is 4.04. The molecule has 4 heteroatoms. The number of para-hydroxylation sites is 1. The van der Waals surface area contributed by atoms with Crippen LogP contribution >= 0.6 is 0 Å². The second-order valence-corrected chi connectivity index (χ2v) is 4.96. The SMILES string of the molecule is Cc1cc(N(C)c2ccccc2F)c([C@@H](C)N)cc1F. The lowest BCUT2D eigenvalue weighted by Crippen LogP contribution is -2.17. The van der Waals surface area contributed by atoms with Crippen molar-refractivity contribution in [1.82, 2.24) is 0 Å². The van der Waals surface area contributed by atoms with E-state index in [1.165, 1.54) is 12.1 Å². The normalized spacial score (nSPS) is 12.3. The van der Waals surface area contributed by atoms with Crippen molar-refractivity contribution in [2.45, 2.75) is 19.9 Å². The first-order valence-corrected chi connectivity index (χ1v) is 6.45. The van der Waals surface area contributed by atoms with Gasteiger partial charge in [-0.1, -0.05) is 12.1 Å². The van der Waals surface area contributed by atoms with E-state index in [0.717, 1.165) is 0 Å². The molecule has 2 N–H and O–H groups in total. The van der Waals surface area contributed by atoms with E-state index in [1.807, 2.05) is 0 Å². The van der Waals surface area contributed by atoms with Crippen LogP contribution in [0.5, 0.6) is 0 Å². The quantitative estimate of drug-likeness (QED) is 0.916. The van der Waals surface area contributed by atoms with Crippen LogP contribution in [0.15, 0.2) is 36.4 Å². The molecule has 20 heavy (non-hydrogen) atoms. The maximum atomic E-state index is 13.9. The fourth-order valence-electron chi connectivity index (χ4n) is 2.19. The predicted octanol–water partition coefficient (Wildman–Crippen LogP) is 4.06. The summed E-state index contributed by atoms with van der Waals surface area (Å²) in [5.41, 5.74) is 8.20. The Balaban J connectivity index is 2.57. The summed E-state index contributed by atoms with van der Waals surface area (Å²) in [6.45, 7) is 3.46. The maximum Gasteiger partial charge on any atom is 0.146 e. The second-order valence-electron chi connectivity index (χ2n) is 4.96. The molecule has 0 saturated carbocycles. The molecule has 0 saturated heterocycles. The minimum Gasteiger partial charge on any atom is -0.342 e. The van der Waals surface area contributed by atoms with E-state index in [-0.39, 0.29) is 17.7 Å². The monoisotopic (exact) mass is 276 g/mol. The van der Waals surface area contributed by atoms with Gasteiger partial charge in [-0.3, -0.25) is 0 Å². The van der Waals surface area contributed by atoms with Crippen molar-refractivity contribution in [2.75, 3.05) is 11.9 Å². The average molecular weight is 276 g/mol. The van der Waals surface area contributed by atoms with Crippen LogP contribution in [0.25, 0.3) is 0 Å². The Morgan fingerprint density at radius 1 is 1.05 bits per heavy atom. The highest BCUT2D eigenvalue weighted by atomic mass is 19.1. The topological polar surface area (TPSA) is 29.3 Å². The van der Waals surface area contributed by atoms with Gasteiger partial charge in [0.2, 0.25) is 0 Å². The van der Waals surface area contributed by atoms with E-state index in [1.54, 1.807) is 50.1 Å². The Labute approximate surface area is 117 Å². The molecule has 0 aromatic heterocycles. The number of anilines is 2. The summed E-state index contributed by atoms with van der Waals surface area (Å²) in [5.74, 6) is -0.629. The molecule has 2 nitrogen and oxygen atoms in total. The van der Waals surface area contributed by atoms with Crippen molar-refractivity contribution in [1.29, 1.82) is 0 Å². The molecule has 0 fully saturated rings. The van der Waals surface area contributed by atoms with Crippen LogP contribution in [-0.2, 0) is 0 Å². The van der Waals surface area contributed by atoms with Crippen LogP contribution in [0, 0.1) is 18.6 Å². The number of benzene rings is 2. The van der Waals surface area contributed by atoms with E-state index in [2.05, 4.69) is 0 Å². The van der Waals surface area contributed by atoms with Gasteiger partial charge in [0, 0.05) is 18.8 Å². The first-order valence-electron chi connectivity index (χ1n) is 6.45. The van der Waals surface area contributed by atoms with Crippen molar-refractivity contribution in [2.24, 2.45) is 5.73 Å². The van der Waals surface area contributed by atoms with E-state index in [9.17, 15) is 8.78 Å². The first kappa shape index (κ1) is 14.5. The summed E-state index contributed by atoms with van der Waals surface area (Å²) < 4.78 is 27.6. The molecule has 0 amide bonds. The Morgan fingerprint density at radius 3 is 2.30 bits per heavy atom. The number of nitrogens with zero attached hydrogens (tertiary/aromatic N) is 1. The number of hydrogen-bond acceptors (Lipinski definition) is 2. The molecular weight excluding hydrogens is 258 g/mol. The molecule has 0 bridgehead atoms. The van der Waals surface area contributed by atoms with Gasteiger partial charge in [-0.05, 0) is 49.2 Å². The molecular formula is C16H18F2N2. The van der Waals surface area contributed by atoms with Crippen molar-refractivity contribution in [3.63, 3.8) is 0 Å². The van der Waals surface area contributed by atoms with Crippen LogP contribution in [0.4, 0.5) is 20.2 Å². The van der Waals surface area contributed by atoms with E-state index >= 15 is 0 Å². The van der Waals surface area contributed by atoms with Gasteiger partial charge in [-0.2, -0.15) is 0 Å². The van der Waals surface area contributed by atoms with Gasteiger partial charge in [0.1, 0.15) is 11.6 Å². The molecule has 0 aliphatic carbocycles. The maximum absolute atomic E-state index is 13.9. The Hall–Kier alpha value is -1.94. The zero-order valence-corrected chi connectivity index (χ0v) is 11.8. The smallest absolute Gasteiger partial charge is 0.146 e. The summed E-state index contributed by atoms with van der Waals surface area (Å²) in [6.07, 6.45) is 0. The standard InChI is InChI=1S/C16H18F2N2/c1-10-8-16(12(11(2)19)9-14(10)18)20(3)15-7-5-4-6-13(15)17/h4-9,11H,19H2,1-3H3/t11-/m1/s1. The third-order valence-electron chi connectivity index (χ3n) is 3.37. The van der Waals surface area contributed by atoms with Gasteiger partial charge in [-0.25, -0.2) is 8.78 Å². The summed E-state index contributed by atoms with van der Waals surface area (Å²) in [6, 6.07) is 9.25. The Morgan fingerprint density at radius 2 is 1.70 bits per heavy atom. The van der Waals surface area contributed by atoms with E-state index in [4.69, 9.17) is 5.73 Å². The van der Waals surface area contributed by atoms with Crippen molar-refractivity contribution in [3.05, 3.63) is 59.2 Å². The van der Waals surface area contributed by atoms with Gasteiger partial charge < -0.3 is 10.6 Å². The lowest BCUT2D eigenvalue weighted by Gasteiger charge is -2.25. The first-order chi connectivity index (χ1) is 9.41. The fraction of sp³-hybridized carbons (Fsp3) is 0.250. The van der Waals surface area contributed by atoms with Gasteiger partial charge in [0.05, 0.1) is 5.69 Å². The highest BCUT2D eigenvalue weighted by Crippen LogP contribution is 2.33. The number of aryl methyl sites for hydroxylation is 1.